The third-order valence-electron chi connectivity index (χ3n) is 5.30. The third kappa shape index (κ3) is 7.79. The van der Waals surface area contributed by atoms with Crippen LogP contribution >= 0.6 is 0 Å². The summed E-state index contributed by atoms with van der Waals surface area (Å²) in [7, 11) is 0. The molecule has 0 aliphatic heterocycles. The Morgan fingerprint density at radius 1 is 0.394 bits per heavy atom. The van der Waals surface area contributed by atoms with Crippen molar-refractivity contribution >= 4 is 0 Å². The summed E-state index contributed by atoms with van der Waals surface area (Å²) in [5, 5.41) is 6.92. The van der Waals surface area contributed by atoms with Crippen molar-refractivity contribution in [2.75, 3.05) is 6.79 Å². The van der Waals surface area contributed by atoms with E-state index in [9.17, 15) is 0 Å². The summed E-state index contributed by atoms with van der Waals surface area (Å²) in [6.45, 7) is 3.53. The summed E-state index contributed by atoms with van der Waals surface area (Å²) in [6.07, 6.45) is 0. The number of ether oxygens (including phenoxy) is 2. The standard InChI is InChI=1S/C29H30N2O2/c1-3-7-24(8-4-1)19-30-21-26-11-15-28(16-12-26)32-23-33-29-17-13-27(14-18-29)22-31-20-25-9-5-2-6-10-25/h1-18,30-31H,19-23H2. The highest BCUT2D eigenvalue weighted by Crippen LogP contribution is 2.15. The van der Waals surface area contributed by atoms with E-state index in [0.29, 0.717) is 0 Å². The Balaban J connectivity index is 1.13. The average molecular weight is 439 g/mol. The maximum atomic E-state index is 5.73. The minimum Gasteiger partial charge on any atom is -0.458 e. The molecule has 4 aromatic carbocycles. The largest absolute Gasteiger partial charge is 0.458 e. The molecule has 0 saturated carbocycles. The second-order valence-corrected chi connectivity index (χ2v) is 7.87. The van der Waals surface area contributed by atoms with Gasteiger partial charge in [-0.25, -0.2) is 0 Å². The highest BCUT2D eigenvalue weighted by molar-refractivity contribution is 5.29. The third-order valence-corrected chi connectivity index (χ3v) is 5.30. The highest BCUT2D eigenvalue weighted by Gasteiger charge is 2.00. The van der Waals surface area contributed by atoms with Crippen LogP contribution in [0.3, 0.4) is 0 Å². The van der Waals surface area contributed by atoms with Gasteiger partial charge in [0.05, 0.1) is 0 Å². The van der Waals surface area contributed by atoms with Gasteiger partial charge in [-0.1, -0.05) is 84.9 Å². The van der Waals surface area contributed by atoms with Gasteiger partial charge < -0.3 is 20.1 Å². The first-order valence-electron chi connectivity index (χ1n) is 11.3. The van der Waals surface area contributed by atoms with Gasteiger partial charge in [-0.05, 0) is 46.5 Å². The molecule has 0 aliphatic rings. The van der Waals surface area contributed by atoms with Gasteiger partial charge in [0, 0.05) is 26.2 Å². The zero-order chi connectivity index (χ0) is 22.6. The molecule has 0 radical (unpaired) electrons. The van der Waals surface area contributed by atoms with Crippen LogP contribution in [0.15, 0.2) is 109 Å². The minimum absolute atomic E-state index is 0.178. The Hall–Kier alpha value is -3.60. The molecule has 4 aromatic rings. The van der Waals surface area contributed by atoms with Crippen LogP contribution in [0.25, 0.3) is 0 Å². The van der Waals surface area contributed by atoms with Crippen LogP contribution < -0.4 is 20.1 Å². The predicted molar refractivity (Wildman–Crippen MR) is 133 cm³/mol. The van der Waals surface area contributed by atoms with Gasteiger partial charge in [0.15, 0.2) is 0 Å². The second-order valence-electron chi connectivity index (χ2n) is 7.87. The molecule has 0 saturated heterocycles. The number of hydrogen-bond acceptors (Lipinski definition) is 4. The molecule has 0 bridgehead atoms. The van der Waals surface area contributed by atoms with E-state index in [4.69, 9.17) is 9.47 Å². The molecule has 33 heavy (non-hydrogen) atoms. The molecule has 0 aromatic heterocycles. The van der Waals surface area contributed by atoms with Crippen molar-refractivity contribution in [2.45, 2.75) is 26.2 Å². The van der Waals surface area contributed by atoms with Crippen LogP contribution in [0.5, 0.6) is 11.5 Å². The van der Waals surface area contributed by atoms with Gasteiger partial charge in [-0.2, -0.15) is 0 Å². The van der Waals surface area contributed by atoms with Gasteiger partial charge >= 0.3 is 0 Å². The summed E-state index contributed by atoms with van der Waals surface area (Å²) in [6, 6.07) is 37.0. The smallest absolute Gasteiger partial charge is 0.230 e. The quantitative estimate of drug-likeness (QED) is 0.279. The Bertz CT molecular complexity index is 977. The molecule has 0 spiro atoms. The lowest BCUT2D eigenvalue weighted by Crippen LogP contribution is -2.12. The lowest BCUT2D eigenvalue weighted by Gasteiger charge is -2.10. The topological polar surface area (TPSA) is 42.5 Å². The Labute approximate surface area is 196 Å². The summed E-state index contributed by atoms with van der Waals surface area (Å²) in [5.41, 5.74) is 5.00. The molecule has 0 amide bonds. The first-order chi connectivity index (χ1) is 16.3. The van der Waals surface area contributed by atoms with Gasteiger partial charge in [-0.3, -0.25) is 0 Å². The molecule has 0 atom stereocenters. The van der Waals surface area contributed by atoms with Crippen LogP contribution in [0.1, 0.15) is 22.3 Å². The highest BCUT2D eigenvalue weighted by atomic mass is 16.7. The summed E-state index contributed by atoms with van der Waals surface area (Å²) < 4.78 is 11.5. The van der Waals surface area contributed by atoms with Crippen molar-refractivity contribution in [2.24, 2.45) is 0 Å². The van der Waals surface area contributed by atoms with Crippen LogP contribution in [-0.4, -0.2) is 6.79 Å². The Morgan fingerprint density at radius 2 is 0.727 bits per heavy atom. The minimum atomic E-state index is 0.178. The molecular formula is C29H30N2O2. The second kappa shape index (κ2) is 12.4. The fraction of sp³-hybridized carbons (Fsp3) is 0.172. The zero-order valence-corrected chi connectivity index (χ0v) is 18.7. The van der Waals surface area contributed by atoms with Crippen LogP contribution in [0.4, 0.5) is 0 Å². The maximum Gasteiger partial charge on any atom is 0.230 e. The Kier molecular flexibility index (Phi) is 8.52. The van der Waals surface area contributed by atoms with Crippen molar-refractivity contribution in [1.29, 1.82) is 0 Å². The monoisotopic (exact) mass is 438 g/mol. The summed E-state index contributed by atoms with van der Waals surface area (Å²) >= 11 is 0. The van der Waals surface area contributed by atoms with Gasteiger partial charge in [0.1, 0.15) is 11.5 Å². The Morgan fingerprint density at radius 3 is 1.09 bits per heavy atom. The van der Waals surface area contributed by atoms with Crippen molar-refractivity contribution < 1.29 is 9.47 Å². The van der Waals surface area contributed by atoms with Crippen molar-refractivity contribution in [3.05, 3.63) is 131 Å². The molecule has 4 nitrogen and oxygen atoms in total. The predicted octanol–water partition coefficient (Wildman–Crippen LogP) is 5.68. The van der Waals surface area contributed by atoms with Crippen LogP contribution in [0, 0.1) is 0 Å². The lowest BCUT2D eigenvalue weighted by atomic mass is 10.2. The molecule has 2 N–H and O–H groups in total. The number of rotatable bonds is 12. The normalized spacial score (nSPS) is 10.7. The molecule has 0 fully saturated rings. The van der Waals surface area contributed by atoms with E-state index in [-0.39, 0.29) is 6.79 Å². The molecule has 0 aliphatic carbocycles. The number of hydrogen-bond donors (Lipinski definition) is 2. The zero-order valence-electron chi connectivity index (χ0n) is 18.7. The molecule has 0 unspecified atom stereocenters. The number of nitrogens with one attached hydrogen (secondary N) is 2. The fourth-order valence-corrected chi connectivity index (χ4v) is 3.47. The first-order valence-corrected chi connectivity index (χ1v) is 11.3. The summed E-state index contributed by atoms with van der Waals surface area (Å²) in [5.74, 6) is 1.59. The van der Waals surface area contributed by atoms with Crippen molar-refractivity contribution in [3.63, 3.8) is 0 Å². The van der Waals surface area contributed by atoms with E-state index in [0.717, 1.165) is 37.7 Å². The van der Waals surface area contributed by atoms with E-state index in [1.54, 1.807) is 0 Å². The van der Waals surface area contributed by atoms with Crippen molar-refractivity contribution in [1.82, 2.24) is 10.6 Å². The average Bonchev–Trinajstić information content (AvgIpc) is 2.87. The van der Waals surface area contributed by atoms with E-state index >= 15 is 0 Å². The van der Waals surface area contributed by atoms with Crippen LogP contribution in [-0.2, 0) is 26.2 Å². The molecule has 4 heteroatoms. The SMILES string of the molecule is c1ccc(CNCc2ccc(OCOc3ccc(CNCc4ccccc4)cc3)cc2)cc1. The lowest BCUT2D eigenvalue weighted by molar-refractivity contribution is 0.120. The maximum absolute atomic E-state index is 5.73. The fourth-order valence-electron chi connectivity index (χ4n) is 3.47. The van der Waals surface area contributed by atoms with Crippen LogP contribution in [0.2, 0.25) is 0 Å². The molecule has 4 rings (SSSR count). The first kappa shape index (κ1) is 22.6. The molecule has 168 valence electrons. The van der Waals surface area contributed by atoms with E-state index in [1.807, 2.05) is 36.4 Å². The van der Waals surface area contributed by atoms with E-state index in [2.05, 4.69) is 83.4 Å². The van der Waals surface area contributed by atoms with E-state index < -0.39 is 0 Å². The van der Waals surface area contributed by atoms with Gasteiger partial charge in [0.25, 0.3) is 0 Å². The summed E-state index contributed by atoms with van der Waals surface area (Å²) in [4.78, 5) is 0. The molecule has 0 heterocycles. The molecular weight excluding hydrogens is 408 g/mol. The van der Waals surface area contributed by atoms with Gasteiger partial charge in [-0.15, -0.1) is 0 Å². The van der Waals surface area contributed by atoms with Gasteiger partial charge in [0.2, 0.25) is 6.79 Å². The van der Waals surface area contributed by atoms with E-state index in [1.165, 1.54) is 22.3 Å². The number of benzene rings is 4. The van der Waals surface area contributed by atoms with Crippen molar-refractivity contribution in [3.8, 4) is 11.5 Å².